The molecular weight excluding hydrogens is 237 g/mol. The average Bonchev–Trinajstić information content (AvgIpc) is 2.29. The van der Waals surface area contributed by atoms with Crippen LogP contribution in [0, 0.1) is 5.82 Å². The summed E-state index contributed by atoms with van der Waals surface area (Å²) in [5.41, 5.74) is -0.719. The number of nitrogens with zero attached hydrogens (tertiary/aromatic N) is 1. The van der Waals surface area contributed by atoms with Crippen molar-refractivity contribution in [3.05, 3.63) is 35.6 Å². The molecule has 18 heavy (non-hydrogen) atoms. The van der Waals surface area contributed by atoms with Crippen LogP contribution in [0.5, 0.6) is 0 Å². The molecule has 0 radical (unpaired) electrons. The van der Waals surface area contributed by atoms with Crippen molar-refractivity contribution in [2.75, 3.05) is 7.11 Å². The van der Waals surface area contributed by atoms with Gasteiger partial charge < -0.3 is 9.57 Å². The number of oxime groups is 1. The first kappa shape index (κ1) is 14.2. The van der Waals surface area contributed by atoms with Crippen LogP contribution in [0.25, 0.3) is 0 Å². The molecule has 0 saturated heterocycles. The molecule has 0 bridgehead atoms. The minimum atomic E-state index is -0.746. The lowest BCUT2D eigenvalue weighted by Crippen LogP contribution is -2.23. The van der Waals surface area contributed by atoms with E-state index < -0.39 is 17.4 Å². The van der Waals surface area contributed by atoms with E-state index in [1.165, 1.54) is 25.3 Å². The minimum Gasteiger partial charge on any atom is -0.464 e. The molecule has 1 rings (SSSR count). The van der Waals surface area contributed by atoms with Gasteiger partial charge in [-0.2, -0.15) is 0 Å². The van der Waals surface area contributed by atoms with Gasteiger partial charge in [0.2, 0.25) is 0 Å². The van der Waals surface area contributed by atoms with Crippen molar-refractivity contribution in [2.24, 2.45) is 5.16 Å². The predicted molar refractivity (Wildman–Crippen MR) is 65.8 cm³/mol. The number of rotatable bonds is 3. The van der Waals surface area contributed by atoms with Crippen molar-refractivity contribution in [1.82, 2.24) is 0 Å². The largest absolute Gasteiger partial charge is 0.464 e. The van der Waals surface area contributed by atoms with Crippen LogP contribution in [0.15, 0.2) is 29.4 Å². The van der Waals surface area contributed by atoms with E-state index in [0.29, 0.717) is 0 Å². The number of carbonyl (C=O) groups is 1. The number of carbonyl (C=O) groups excluding carboxylic acids is 1. The topological polar surface area (TPSA) is 47.9 Å². The zero-order valence-corrected chi connectivity index (χ0v) is 10.9. The Morgan fingerprint density at radius 1 is 1.28 bits per heavy atom. The first-order valence-corrected chi connectivity index (χ1v) is 5.44. The quantitative estimate of drug-likeness (QED) is 0.472. The van der Waals surface area contributed by atoms with Crippen LogP contribution in [0.4, 0.5) is 4.39 Å². The molecule has 1 aromatic carbocycles. The molecule has 0 amide bonds. The van der Waals surface area contributed by atoms with Crippen molar-refractivity contribution >= 4 is 11.7 Å². The zero-order valence-electron chi connectivity index (χ0n) is 10.9. The Hall–Kier alpha value is -1.91. The fourth-order valence-electron chi connectivity index (χ4n) is 1.13. The number of benzene rings is 1. The van der Waals surface area contributed by atoms with E-state index in [1.54, 1.807) is 26.8 Å². The smallest absolute Gasteiger partial charge is 0.360 e. The highest BCUT2D eigenvalue weighted by molar-refractivity contribution is 6.43. The van der Waals surface area contributed by atoms with Gasteiger partial charge in [0.15, 0.2) is 5.71 Å². The number of esters is 1. The normalized spacial score (nSPS) is 12.2. The molecule has 0 unspecified atom stereocenters. The van der Waals surface area contributed by atoms with Crippen LogP contribution in [0.3, 0.4) is 0 Å². The Kier molecular flexibility index (Phi) is 4.42. The molecule has 0 aromatic heterocycles. The number of halogens is 1. The summed E-state index contributed by atoms with van der Waals surface area (Å²) in [7, 11) is 1.20. The molecule has 0 fully saturated rings. The lowest BCUT2D eigenvalue weighted by Gasteiger charge is -2.16. The van der Waals surface area contributed by atoms with Gasteiger partial charge in [-0.1, -0.05) is 17.3 Å². The SMILES string of the molecule is COC(=O)/C(=N/OC(C)(C)C)c1ccccc1F. The van der Waals surface area contributed by atoms with Crippen molar-refractivity contribution in [1.29, 1.82) is 0 Å². The Bertz CT molecular complexity index is 464. The summed E-state index contributed by atoms with van der Waals surface area (Å²) in [4.78, 5) is 16.7. The average molecular weight is 253 g/mol. The number of hydrogen-bond donors (Lipinski definition) is 0. The zero-order chi connectivity index (χ0) is 13.8. The monoisotopic (exact) mass is 253 g/mol. The Balaban J connectivity index is 3.15. The summed E-state index contributed by atoms with van der Waals surface area (Å²) in [6.07, 6.45) is 0. The molecule has 98 valence electrons. The molecule has 0 atom stereocenters. The third-order valence-electron chi connectivity index (χ3n) is 1.92. The summed E-state index contributed by atoms with van der Waals surface area (Å²) in [5.74, 6) is -1.30. The highest BCUT2D eigenvalue weighted by atomic mass is 19.1. The van der Waals surface area contributed by atoms with Crippen molar-refractivity contribution in [3.8, 4) is 0 Å². The van der Waals surface area contributed by atoms with Crippen molar-refractivity contribution in [3.63, 3.8) is 0 Å². The van der Waals surface area contributed by atoms with Crippen LogP contribution in [0.2, 0.25) is 0 Å². The van der Waals surface area contributed by atoms with Crippen LogP contribution in [-0.2, 0) is 14.4 Å². The van der Waals surface area contributed by atoms with E-state index in [1.807, 2.05) is 0 Å². The molecule has 0 heterocycles. The van der Waals surface area contributed by atoms with E-state index >= 15 is 0 Å². The number of methoxy groups -OCH3 is 1. The fraction of sp³-hybridized carbons (Fsp3) is 0.385. The lowest BCUT2D eigenvalue weighted by atomic mass is 10.1. The summed E-state index contributed by atoms with van der Waals surface area (Å²) in [6, 6.07) is 5.81. The molecule has 0 aliphatic rings. The van der Waals surface area contributed by atoms with Gasteiger partial charge in [-0.15, -0.1) is 0 Å². The predicted octanol–water partition coefficient (Wildman–Crippen LogP) is 2.52. The highest BCUT2D eigenvalue weighted by Crippen LogP contribution is 2.13. The summed E-state index contributed by atoms with van der Waals surface area (Å²) in [6.45, 7) is 5.31. The number of hydrogen-bond acceptors (Lipinski definition) is 4. The summed E-state index contributed by atoms with van der Waals surface area (Å²) >= 11 is 0. The van der Waals surface area contributed by atoms with E-state index in [2.05, 4.69) is 9.89 Å². The summed E-state index contributed by atoms with van der Waals surface area (Å²) < 4.78 is 18.2. The second kappa shape index (κ2) is 5.62. The van der Waals surface area contributed by atoms with Crippen LogP contribution >= 0.6 is 0 Å². The van der Waals surface area contributed by atoms with Gasteiger partial charge in [0, 0.05) is 5.56 Å². The van der Waals surface area contributed by atoms with Crippen LogP contribution in [-0.4, -0.2) is 24.4 Å². The molecule has 0 spiro atoms. The second-order valence-electron chi connectivity index (χ2n) is 4.61. The number of ether oxygens (including phenoxy) is 1. The van der Waals surface area contributed by atoms with Gasteiger partial charge >= 0.3 is 5.97 Å². The molecule has 4 nitrogen and oxygen atoms in total. The molecule has 0 aliphatic carbocycles. The first-order chi connectivity index (χ1) is 8.35. The minimum absolute atomic E-state index is 0.0496. The van der Waals surface area contributed by atoms with Gasteiger partial charge in [0.05, 0.1) is 7.11 Å². The Labute approximate surface area is 105 Å². The summed E-state index contributed by atoms with van der Waals surface area (Å²) in [5, 5.41) is 3.70. The molecule has 5 heteroatoms. The molecule has 0 aliphatic heterocycles. The van der Waals surface area contributed by atoms with Crippen LogP contribution in [0.1, 0.15) is 26.3 Å². The Morgan fingerprint density at radius 2 is 1.89 bits per heavy atom. The van der Waals surface area contributed by atoms with Gasteiger partial charge in [-0.05, 0) is 32.9 Å². The van der Waals surface area contributed by atoms with Gasteiger partial charge in [-0.25, -0.2) is 9.18 Å². The first-order valence-electron chi connectivity index (χ1n) is 5.44. The maximum atomic E-state index is 13.6. The molecule has 0 saturated carbocycles. The third-order valence-corrected chi connectivity index (χ3v) is 1.92. The standard InChI is InChI=1S/C13H16FNO3/c1-13(2,3)18-15-11(12(16)17-4)9-7-5-6-8-10(9)14/h5-8H,1-4H3/b15-11+. The van der Waals surface area contributed by atoms with Crippen molar-refractivity contribution < 1.29 is 18.8 Å². The maximum Gasteiger partial charge on any atom is 0.360 e. The maximum absolute atomic E-state index is 13.6. The van der Waals surface area contributed by atoms with Gasteiger partial charge in [-0.3, -0.25) is 0 Å². The Morgan fingerprint density at radius 3 is 2.39 bits per heavy atom. The van der Waals surface area contributed by atoms with Crippen molar-refractivity contribution in [2.45, 2.75) is 26.4 Å². The van der Waals surface area contributed by atoms with E-state index in [4.69, 9.17) is 4.84 Å². The highest BCUT2D eigenvalue weighted by Gasteiger charge is 2.21. The third kappa shape index (κ3) is 3.84. The van der Waals surface area contributed by atoms with Crippen LogP contribution < -0.4 is 0 Å². The molecule has 0 N–H and O–H groups in total. The lowest BCUT2D eigenvalue weighted by molar-refractivity contribution is -0.133. The molecule has 1 aromatic rings. The van der Waals surface area contributed by atoms with Gasteiger partial charge in [0.1, 0.15) is 11.4 Å². The molecular formula is C13H16FNO3. The van der Waals surface area contributed by atoms with Gasteiger partial charge in [0.25, 0.3) is 0 Å². The second-order valence-corrected chi connectivity index (χ2v) is 4.61. The van der Waals surface area contributed by atoms with E-state index in [-0.39, 0.29) is 11.3 Å². The van der Waals surface area contributed by atoms with E-state index in [0.717, 1.165) is 0 Å². The fourth-order valence-corrected chi connectivity index (χ4v) is 1.13. The van der Waals surface area contributed by atoms with E-state index in [9.17, 15) is 9.18 Å².